The van der Waals surface area contributed by atoms with E-state index in [0.717, 1.165) is 0 Å². The van der Waals surface area contributed by atoms with E-state index in [0.29, 0.717) is 11.2 Å². The van der Waals surface area contributed by atoms with Crippen LogP contribution in [-0.4, -0.2) is 16.5 Å². The number of rotatable bonds is 2. The molecule has 0 saturated carbocycles. The Bertz CT molecular complexity index is 2020. The Labute approximate surface area is 254 Å². The van der Waals surface area contributed by atoms with Crippen LogP contribution in [0.15, 0.2) is 75.8 Å². The summed E-state index contributed by atoms with van der Waals surface area (Å²) >= 11 is 5.74. The van der Waals surface area contributed by atoms with E-state index in [1.165, 1.54) is 47.7 Å². The van der Waals surface area contributed by atoms with Gasteiger partial charge in [0.15, 0.2) is 0 Å². The second-order valence-electron chi connectivity index (χ2n) is 12.3. The van der Waals surface area contributed by atoms with Crippen molar-refractivity contribution in [3.8, 4) is 11.1 Å². The third-order valence-electron chi connectivity index (χ3n) is 9.42. The molecule has 39 heavy (non-hydrogen) atoms. The molecular weight excluding hydrogens is 604 g/mol. The van der Waals surface area contributed by atoms with Gasteiger partial charge >= 0.3 is 226 Å². The van der Waals surface area contributed by atoms with Crippen LogP contribution in [0.2, 0.25) is 13.1 Å². The van der Waals surface area contributed by atoms with Crippen LogP contribution in [0, 0.1) is 12.8 Å². The fourth-order valence-electron chi connectivity index (χ4n) is 7.90. The van der Waals surface area contributed by atoms with Crippen molar-refractivity contribution in [3.63, 3.8) is 0 Å². The maximum absolute atomic E-state index is 2.63. The monoisotopic (exact) mass is 632 g/mol. The van der Waals surface area contributed by atoms with Gasteiger partial charge in [0.2, 0.25) is 0 Å². The molecular formula is C35H30S2SiZr+2. The molecule has 2 bridgehead atoms. The number of hydrogen-bond acceptors (Lipinski definition) is 2. The Balaban J connectivity index is 1.52. The molecule has 4 aliphatic rings. The van der Waals surface area contributed by atoms with Gasteiger partial charge in [0.1, 0.15) is 0 Å². The first kappa shape index (κ1) is 24.9. The van der Waals surface area contributed by atoms with Crippen LogP contribution in [0.3, 0.4) is 0 Å². The van der Waals surface area contributed by atoms with Gasteiger partial charge in [0.25, 0.3) is 0 Å². The van der Waals surface area contributed by atoms with E-state index in [-0.39, 0.29) is 0 Å². The predicted molar refractivity (Wildman–Crippen MR) is 171 cm³/mol. The molecule has 1 aromatic heterocycles. The van der Waals surface area contributed by atoms with Gasteiger partial charge < -0.3 is 0 Å². The van der Waals surface area contributed by atoms with Crippen LogP contribution in [0.4, 0.5) is 0 Å². The molecule has 8 rings (SSSR count). The fourth-order valence-corrected chi connectivity index (χ4v) is 16.4. The van der Waals surface area contributed by atoms with Crippen molar-refractivity contribution in [3.05, 3.63) is 97.4 Å². The normalized spacial score (nSPS) is 21.6. The first-order valence-corrected chi connectivity index (χ1v) is 19.9. The molecule has 0 saturated heterocycles. The zero-order valence-electron chi connectivity index (χ0n) is 23.2. The van der Waals surface area contributed by atoms with Crippen LogP contribution < -0.4 is 15.6 Å². The van der Waals surface area contributed by atoms with Gasteiger partial charge in [0, 0.05) is 0 Å². The molecule has 1 unspecified atom stereocenters. The molecule has 4 heteroatoms. The topological polar surface area (TPSA) is 0 Å². The molecule has 0 nitrogen and oxygen atoms in total. The van der Waals surface area contributed by atoms with E-state index in [2.05, 4.69) is 113 Å². The summed E-state index contributed by atoms with van der Waals surface area (Å²) in [5.74, 6) is 0.472. The Morgan fingerprint density at radius 2 is 1.74 bits per heavy atom. The van der Waals surface area contributed by atoms with Crippen LogP contribution in [0.5, 0.6) is 0 Å². The van der Waals surface area contributed by atoms with Crippen LogP contribution in [0.1, 0.15) is 36.8 Å². The summed E-state index contributed by atoms with van der Waals surface area (Å²) in [4.78, 5) is 3.01. The van der Waals surface area contributed by atoms with E-state index in [1.54, 1.807) is 65.0 Å². The van der Waals surface area contributed by atoms with Crippen molar-refractivity contribution in [2.75, 3.05) is 0 Å². The van der Waals surface area contributed by atoms with E-state index in [9.17, 15) is 0 Å². The van der Waals surface area contributed by atoms with Crippen LogP contribution >= 0.6 is 23.1 Å². The van der Waals surface area contributed by atoms with E-state index in [4.69, 9.17) is 0 Å². The van der Waals surface area contributed by atoms with E-state index >= 15 is 0 Å². The Morgan fingerprint density at radius 1 is 0.974 bits per heavy atom. The molecule has 3 aromatic carbocycles. The van der Waals surface area contributed by atoms with Crippen molar-refractivity contribution < 1.29 is 24.2 Å². The first-order chi connectivity index (χ1) is 18.7. The van der Waals surface area contributed by atoms with Crippen molar-refractivity contribution in [1.82, 2.24) is 0 Å². The minimum absolute atomic E-state index is 0.472. The molecule has 2 aliphatic heterocycles. The summed E-state index contributed by atoms with van der Waals surface area (Å²) in [5.41, 5.74) is 12.1. The van der Waals surface area contributed by atoms with Gasteiger partial charge in [-0.15, -0.1) is 0 Å². The summed E-state index contributed by atoms with van der Waals surface area (Å²) in [6.45, 7) is 14.9. The van der Waals surface area contributed by atoms with Crippen molar-refractivity contribution in [2.24, 2.45) is 5.92 Å². The second-order valence-corrected chi connectivity index (χ2v) is 20.0. The number of thioether (sulfide) groups is 1. The summed E-state index contributed by atoms with van der Waals surface area (Å²) in [7, 11) is -1.89. The van der Waals surface area contributed by atoms with Crippen molar-refractivity contribution >= 4 is 66.9 Å². The zero-order valence-corrected chi connectivity index (χ0v) is 28.3. The molecule has 0 fully saturated rings. The maximum atomic E-state index is 2.63. The molecule has 1 atom stereocenters. The van der Waals surface area contributed by atoms with Gasteiger partial charge in [-0.25, -0.2) is 0 Å². The first-order valence-electron chi connectivity index (χ1n) is 13.9. The second kappa shape index (κ2) is 8.35. The number of allylic oxidation sites excluding steroid dienone is 3. The number of hydrogen-bond donors (Lipinski definition) is 0. The van der Waals surface area contributed by atoms with Crippen LogP contribution in [-0.2, 0) is 24.2 Å². The van der Waals surface area contributed by atoms with E-state index in [1.807, 2.05) is 11.3 Å². The molecule has 0 amide bonds. The fraction of sp³-hybridized carbons (Fsp3) is 0.229. The molecule has 0 radical (unpaired) electrons. The van der Waals surface area contributed by atoms with Gasteiger partial charge in [-0.1, -0.05) is 30.3 Å². The number of benzene rings is 3. The Kier molecular flexibility index (Phi) is 5.34. The Hall–Kier alpha value is -1.84. The summed E-state index contributed by atoms with van der Waals surface area (Å²) in [5, 5.41) is 8.60. The zero-order chi connectivity index (χ0) is 27.0. The quantitative estimate of drug-likeness (QED) is 0.209. The van der Waals surface area contributed by atoms with Crippen molar-refractivity contribution in [2.45, 2.75) is 50.9 Å². The summed E-state index contributed by atoms with van der Waals surface area (Å²) < 4.78 is 3.09. The molecule has 4 aromatic rings. The minimum atomic E-state index is -1.89. The average molecular weight is 634 g/mol. The SMILES string of the molecule is CC1=C2C3=c4c(cc(=C5C(C(C)C)=Cc6c5sc5cccc(-c7ccccc7)c65)c(c4C)[Si]2(C)C)SC3[C]1=[Zr+2]. The molecule has 3 heterocycles. The molecule has 0 N–H and O–H groups in total. The predicted octanol–water partition coefficient (Wildman–Crippen LogP) is 7.27. The summed E-state index contributed by atoms with van der Waals surface area (Å²) in [6, 6.07) is 20.4. The van der Waals surface area contributed by atoms with Crippen LogP contribution in [0.25, 0.3) is 38.4 Å². The standard InChI is InChI=1S/C35H30S2Si.Zr/c1-18(2)23-16-24-30-22(21-11-8-7-9-12-21)13-10-14-26(30)37-33(24)31(23)25-17-28-29-20(4)35(25)38(5,6)34-19(3)15-27(36-28)32(29)34;/h7-14,16-18,27H,1-6H3;/q;+2. The average Bonchev–Trinajstić information content (AvgIpc) is 3.62. The Morgan fingerprint density at radius 3 is 2.49 bits per heavy atom. The summed E-state index contributed by atoms with van der Waals surface area (Å²) in [6.07, 6.45) is 2.55. The van der Waals surface area contributed by atoms with E-state index < -0.39 is 8.07 Å². The third-order valence-corrected chi connectivity index (χ3v) is 17.8. The van der Waals surface area contributed by atoms with Gasteiger partial charge in [-0.3, -0.25) is 0 Å². The van der Waals surface area contributed by atoms with Gasteiger partial charge in [-0.05, 0) is 0 Å². The molecule has 188 valence electrons. The van der Waals surface area contributed by atoms with Gasteiger partial charge in [0.05, 0.1) is 0 Å². The van der Waals surface area contributed by atoms with Gasteiger partial charge in [-0.2, -0.15) is 0 Å². The number of fused-ring (bicyclic) bond motifs is 4. The molecule has 2 aliphatic carbocycles. The number of thiophene rings is 1. The third kappa shape index (κ3) is 3.13. The van der Waals surface area contributed by atoms with Crippen molar-refractivity contribution in [1.29, 1.82) is 0 Å². The molecule has 0 spiro atoms.